The van der Waals surface area contributed by atoms with Crippen molar-refractivity contribution in [3.8, 4) is 5.75 Å². The summed E-state index contributed by atoms with van der Waals surface area (Å²) in [5.74, 6) is -0.767. The van der Waals surface area contributed by atoms with Gasteiger partial charge in [-0.15, -0.1) is 0 Å². The summed E-state index contributed by atoms with van der Waals surface area (Å²) >= 11 is 0. The number of benzene rings is 2. The number of carbonyl (C=O) groups is 1. The van der Waals surface area contributed by atoms with Gasteiger partial charge in [0.1, 0.15) is 0 Å². The van der Waals surface area contributed by atoms with Gasteiger partial charge in [-0.1, -0.05) is 6.07 Å². The Morgan fingerprint density at radius 1 is 1.17 bits per heavy atom. The Labute approximate surface area is 169 Å². The summed E-state index contributed by atoms with van der Waals surface area (Å²) in [6.45, 7) is 3.07. The van der Waals surface area contributed by atoms with Crippen molar-refractivity contribution in [3.63, 3.8) is 0 Å². The van der Waals surface area contributed by atoms with Gasteiger partial charge in [-0.3, -0.25) is 4.79 Å². The summed E-state index contributed by atoms with van der Waals surface area (Å²) in [5.41, 5.74) is 0.898. The van der Waals surface area contributed by atoms with Crippen LogP contribution in [0.3, 0.4) is 0 Å². The highest BCUT2D eigenvalue weighted by Crippen LogP contribution is 2.22. The first kappa shape index (κ1) is 21.2. The molecule has 0 aliphatic carbocycles. The van der Waals surface area contributed by atoms with E-state index in [9.17, 15) is 17.6 Å². The third kappa shape index (κ3) is 4.75. The Morgan fingerprint density at radius 2 is 1.83 bits per heavy atom. The van der Waals surface area contributed by atoms with E-state index >= 15 is 0 Å². The van der Waals surface area contributed by atoms with Gasteiger partial charge in [-0.05, 0) is 48.9 Å². The highest BCUT2D eigenvalue weighted by molar-refractivity contribution is 7.89. The van der Waals surface area contributed by atoms with Crippen molar-refractivity contribution in [2.45, 2.75) is 17.9 Å². The van der Waals surface area contributed by atoms with Crippen LogP contribution < -0.4 is 10.1 Å². The first-order chi connectivity index (χ1) is 13.8. The molecular weight excluding hydrogens is 399 g/mol. The molecule has 1 aliphatic heterocycles. The molecule has 0 unspecified atom stereocenters. The third-order valence-electron chi connectivity index (χ3n) is 4.75. The number of amides is 1. The number of hydrogen-bond donors (Lipinski definition) is 1. The number of methoxy groups -OCH3 is 1. The van der Waals surface area contributed by atoms with E-state index in [1.807, 2.05) is 0 Å². The molecule has 1 N–H and O–H groups in total. The van der Waals surface area contributed by atoms with Gasteiger partial charge in [-0.25, -0.2) is 12.8 Å². The van der Waals surface area contributed by atoms with Crippen LogP contribution in [0.4, 0.5) is 4.39 Å². The lowest BCUT2D eigenvalue weighted by Gasteiger charge is -2.26. The van der Waals surface area contributed by atoms with Gasteiger partial charge in [-0.2, -0.15) is 4.31 Å². The maximum Gasteiger partial charge on any atom is 0.251 e. The van der Waals surface area contributed by atoms with E-state index in [4.69, 9.17) is 9.47 Å². The molecule has 1 saturated heterocycles. The topological polar surface area (TPSA) is 84.9 Å². The van der Waals surface area contributed by atoms with Crippen LogP contribution in [-0.2, 0) is 14.8 Å². The van der Waals surface area contributed by atoms with E-state index in [-0.39, 0.29) is 16.6 Å². The van der Waals surface area contributed by atoms with Crippen molar-refractivity contribution in [2.75, 3.05) is 33.4 Å². The standard InChI is InChI=1S/C20H23FN2O5S/c1-14(16-5-8-19(27-2)18(21)13-16)22-20(24)15-3-6-17(7-4-15)29(25,26)23-9-11-28-12-10-23/h3-8,13-14H,9-12H2,1-2H3,(H,22,24)/t14-/m0/s1. The summed E-state index contributed by atoms with van der Waals surface area (Å²) in [7, 11) is -2.23. The minimum atomic E-state index is -3.61. The summed E-state index contributed by atoms with van der Waals surface area (Å²) in [5, 5.41) is 2.78. The Hall–Kier alpha value is -2.49. The lowest BCUT2D eigenvalue weighted by atomic mass is 10.1. The van der Waals surface area contributed by atoms with Crippen molar-refractivity contribution in [1.82, 2.24) is 9.62 Å². The molecular formula is C20H23FN2O5S. The molecule has 0 saturated carbocycles. The number of ether oxygens (including phenoxy) is 2. The van der Waals surface area contributed by atoms with Crippen LogP contribution in [0.2, 0.25) is 0 Å². The Morgan fingerprint density at radius 3 is 2.41 bits per heavy atom. The molecule has 2 aromatic rings. The van der Waals surface area contributed by atoms with E-state index < -0.39 is 21.9 Å². The zero-order valence-electron chi connectivity index (χ0n) is 16.2. The van der Waals surface area contributed by atoms with Gasteiger partial charge in [0, 0.05) is 18.7 Å². The van der Waals surface area contributed by atoms with Crippen LogP contribution >= 0.6 is 0 Å². The second-order valence-electron chi connectivity index (χ2n) is 6.63. The number of rotatable bonds is 6. The Kier molecular flexibility index (Phi) is 6.51. The fraction of sp³-hybridized carbons (Fsp3) is 0.350. The minimum absolute atomic E-state index is 0.126. The SMILES string of the molecule is COc1ccc([C@H](C)NC(=O)c2ccc(S(=O)(=O)N3CCOCC3)cc2)cc1F. The smallest absolute Gasteiger partial charge is 0.251 e. The molecule has 156 valence electrons. The number of nitrogens with zero attached hydrogens (tertiary/aromatic N) is 1. The molecule has 1 aliphatic rings. The van der Waals surface area contributed by atoms with Gasteiger partial charge >= 0.3 is 0 Å². The van der Waals surface area contributed by atoms with E-state index in [1.54, 1.807) is 13.0 Å². The maximum absolute atomic E-state index is 13.9. The zero-order valence-corrected chi connectivity index (χ0v) is 17.0. The van der Waals surface area contributed by atoms with Crippen molar-refractivity contribution in [2.24, 2.45) is 0 Å². The van der Waals surface area contributed by atoms with Crippen molar-refractivity contribution < 1.29 is 27.1 Å². The minimum Gasteiger partial charge on any atom is -0.494 e. The first-order valence-electron chi connectivity index (χ1n) is 9.15. The highest BCUT2D eigenvalue weighted by Gasteiger charge is 2.26. The lowest BCUT2D eigenvalue weighted by Crippen LogP contribution is -2.40. The predicted molar refractivity (Wildman–Crippen MR) is 105 cm³/mol. The molecule has 0 radical (unpaired) electrons. The number of nitrogens with one attached hydrogen (secondary N) is 1. The average Bonchev–Trinajstić information content (AvgIpc) is 2.74. The summed E-state index contributed by atoms with van der Waals surface area (Å²) < 4.78 is 50.6. The monoisotopic (exact) mass is 422 g/mol. The molecule has 1 atom stereocenters. The number of halogens is 1. The quantitative estimate of drug-likeness (QED) is 0.773. The molecule has 1 fully saturated rings. The number of morpholine rings is 1. The maximum atomic E-state index is 13.9. The van der Waals surface area contributed by atoms with E-state index in [2.05, 4.69) is 5.32 Å². The molecule has 2 aromatic carbocycles. The normalized spacial score (nSPS) is 16.2. The Balaban J connectivity index is 1.69. The van der Waals surface area contributed by atoms with Crippen LogP contribution in [-0.4, -0.2) is 52.0 Å². The highest BCUT2D eigenvalue weighted by atomic mass is 32.2. The van der Waals surface area contributed by atoms with Crippen LogP contribution in [0, 0.1) is 5.82 Å². The van der Waals surface area contributed by atoms with Crippen molar-refractivity contribution >= 4 is 15.9 Å². The number of sulfonamides is 1. The first-order valence-corrected chi connectivity index (χ1v) is 10.6. The van der Waals surface area contributed by atoms with E-state index in [0.717, 1.165) is 0 Å². The van der Waals surface area contributed by atoms with Crippen LogP contribution in [0.25, 0.3) is 0 Å². The molecule has 3 rings (SSSR count). The van der Waals surface area contributed by atoms with Crippen molar-refractivity contribution in [1.29, 1.82) is 0 Å². The summed E-state index contributed by atoms with van der Waals surface area (Å²) in [6, 6.07) is 9.79. The second kappa shape index (κ2) is 8.89. The average molecular weight is 422 g/mol. The number of carbonyl (C=O) groups excluding carboxylic acids is 1. The molecule has 29 heavy (non-hydrogen) atoms. The zero-order chi connectivity index (χ0) is 21.0. The Bertz CT molecular complexity index is 973. The van der Waals surface area contributed by atoms with Crippen LogP contribution in [0.1, 0.15) is 28.9 Å². The van der Waals surface area contributed by atoms with Gasteiger partial charge in [0.15, 0.2) is 11.6 Å². The predicted octanol–water partition coefficient (Wildman–Crippen LogP) is 2.35. The second-order valence-corrected chi connectivity index (χ2v) is 8.57. The van der Waals surface area contributed by atoms with Crippen LogP contribution in [0.5, 0.6) is 5.75 Å². The molecule has 0 spiro atoms. The van der Waals surface area contributed by atoms with Gasteiger partial charge in [0.05, 0.1) is 31.3 Å². The van der Waals surface area contributed by atoms with Gasteiger partial charge in [0.2, 0.25) is 10.0 Å². The summed E-state index contributed by atoms with van der Waals surface area (Å²) in [4.78, 5) is 12.6. The molecule has 1 amide bonds. The van der Waals surface area contributed by atoms with Crippen LogP contribution in [0.15, 0.2) is 47.4 Å². The molecule has 9 heteroatoms. The fourth-order valence-electron chi connectivity index (χ4n) is 3.03. The van der Waals surface area contributed by atoms with Crippen molar-refractivity contribution in [3.05, 3.63) is 59.4 Å². The molecule has 0 bridgehead atoms. The van der Waals surface area contributed by atoms with Gasteiger partial charge in [0.25, 0.3) is 5.91 Å². The van der Waals surface area contributed by atoms with E-state index in [0.29, 0.717) is 37.4 Å². The third-order valence-corrected chi connectivity index (χ3v) is 6.66. The molecule has 0 aromatic heterocycles. The largest absolute Gasteiger partial charge is 0.494 e. The number of hydrogen-bond acceptors (Lipinski definition) is 5. The van der Waals surface area contributed by atoms with E-state index in [1.165, 1.54) is 47.8 Å². The molecule has 7 nitrogen and oxygen atoms in total. The fourth-order valence-corrected chi connectivity index (χ4v) is 4.44. The lowest BCUT2D eigenvalue weighted by molar-refractivity contribution is 0.0730. The summed E-state index contributed by atoms with van der Waals surface area (Å²) in [6.07, 6.45) is 0. The molecule has 1 heterocycles. The van der Waals surface area contributed by atoms with Gasteiger partial charge < -0.3 is 14.8 Å².